The van der Waals surface area contributed by atoms with Gasteiger partial charge in [0.15, 0.2) is 0 Å². The second kappa shape index (κ2) is 9.56. The number of rotatable bonds is 9. The summed E-state index contributed by atoms with van der Waals surface area (Å²) in [6.45, 7) is 0.390. The molecule has 0 saturated heterocycles. The highest BCUT2D eigenvalue weighted by Crippen LogP contribution is 2.53. The molecule has 160 valence electrons. The quantitative estimate of drug-likeness (QED) is 0.256. The van der Waals surface area contributed by atoms with E-state index in [4.69, 9.17) is 60.6 Å². The zero-order valence-electron chi connectivity index (χ0n) is 15.8. The van der Waals surface area contributed by atoms with Crippen molar-refractivity contribution in [2.75, 3.05) is 13.7 Å². The van der Waals surface area contributed by atoms with E-state index in [0.29, 0.717) is 45.7 Å². The SMILES string of the molecule is COC=C(C(=O)O)c1ccccc1COc1cc(OCC2CC2(Cl)Cl)c(Cl)cc1Cl. The van der Waals surface area contributed by atoms with Gasteiger partial charge < -0.3 is 19.3 Å². The molecule has 30 heavy (non-hydrogen) atoms. The van der Waals surface area contributed by atoms with E-state index >= 15 is 0 Å². The van der Waals surface area contributed by atoms with Gasteiger partial charge in [0.2, 0.25) is 0 Å². The zero-order chi connectivity index (χ0) is 21.9. The fourth-order valence-electron chi connectivity index (χ4n) is 2.78. The van der Waals surface area contributed by atoms with E-state index in [-0.39, 0.29) is 18.1 Å². The number of carboxylic acids is 1. The molecule has 9 heteroatoms. The van der Waals surface area contributed by atoms with Gasteiger partial charge in [-0.3, -0.25) is 0 Å². The summed E-state index contributed by atoms with van der Waals surface area (Å²) in [6.07, 6.45) is 1.83. The molecule has 1 unspecified atom stereocenters. The van der Waals surface area contributed by atoms with Crippen LogP contribution in [-0.2, 0) is 16.1 Å². The number of hydrogen-bond acceptors (Lipinski definition) is 4. The molecule has 1 saturated carbocycles. The fourth-order valence-corrected chi connectivity index (χ4v) is 3.77. The van der Waals surface area contributed by atoms with Crippen molar-refractivity contribution in [3.05, 3.63) is 63.8 Å². The molecule has 1 atom stereocenters. The van der Waals surface area contributed by atoms with E-state index in [2.05, 4.69) is 0 Å². The van der Waals surface area contributed by atoms with Crippen LogP contribution in [0.5, 0.6) is 11.5 Å². The number of alkyl halides is 2. The van der Waals surface area contributed by atoms with E-state index in [1.807, 2.05) is 0 Å². The van der Waals surface area contributed by atoms with Gasteiger partial charge in [0.25, 0.3) is 0 Å². The van der Waals surface area contributed by atoms with E-state index in [9.17, 15) is 9.90 Å². The van der Waals surface area contributed by atoms with E-state index < -0.39 is 10.3 Å². The minimum absolute atomic E-state index is 0.0120. The van der Waals surface area contributed by atoms with Crippen molar-refractivity contribution in [2.24, 2.45) is 5.92 Å². The van der Waals surface area contributed by atoms with Crippen LogP contribution in [0, 0.1) is 5.92 Å². The van der Waals surface area contributed by atoms with Crippen LogP contribution in [0.2, 0.25) is 10.0 Å². The number of ether oxygens (including phenoxy) is 3. The summed E-state index contributed by atoms with van der Waals surface area (Å²) in [4.78, 5) is 11.6. The molecule has 0 amide bonds. The van der Waals surface area contributed by atoms with Gasteiger partial charge >= 0.3 is 5.97 Å². The first-order valence-electron chi connectivity index (χ1n) is 8.90. The molecule has 3 rings (SSSR count). The molecule has 0 aromatic heterocycles. The smallest absolute Gasteiger partial charge is 0.339 e. The Kier molecular flexibility index (Phi) is 7.30. The summed E-state index contributed by atoms with van der Waals surface area (Å²) in [7, 11) is 1.39. The Balaban J connectivity index is 1.77. The third kappa shape index (κ3) is 5.46. The average molecular weight is 492 g/mol. The molecular weight excluding hydrogens is 474 g/mol. The second-order valence-electron chi connectivity index (χ2n) is 6.70. The molecule has 2 aromatic rings. The number of hydrogen-bond donors (Lipinski definition) is 1. The van der Waals surface area contributed by atoms with Crippen LogP contribution in [-0.4, -0.2) is 29.1 Å². The highest BCUT2D eigenvalue weighted by molar-refractivity contribution is 6.50. The molecule has 0 heterocycles. The molecule has 1 fully saturated rings. The Hall–Kier alpha value is -1.79. The van der Waals surface area contributed by atoms with E-state index in [0.717, 1.165) is 0 Å². The maximum atomic E-state index is 11.6. The third-order valence-corrected chi connectivity index (χ3v) is 6.06. The van der Waals surface area contributed by atoms with Crippen molar-refractivity contribution in [2.45, 2.75) is 17.4 Å². The highest BCUT2D eigenvalue weighted by atomic mass is 35.5. The van der Waals surface area contributed by atoms with Gasteiger partial charge in [-0.15, -0.1) is 23.2 Å². The van der Waals surface area contributed by atoms with Crippen LogP contribution in [0.25, 0.3) is 5.57 Å². The minimum atomic E-state index is -1.11. The maximum absolute atomic E-state index is 11.6. The minimum Gasteiger partial charge on any atom is -0.503 e. The average Bonchev–Trinajstić information content (AvgIpc) is 3.31. The van der Waals surface area contributed by atoms with Crippen molar-refractivity contribution in [1.82, 2.24) is 0 Å². The predicted octanol–water partition coefficient (Wildman–Crippen LogP) is 6.22. The third-order valence-electron chi connectivity index (χ3n) is 4.54. The highest BCUT2D eigenvalue weighted by Gasteiger charge is 2.52. The van der Waals surface area contributed by atoms with Crippen LogP contribution in [0.15, 0.2) is 42.7 Å². The van der Waals surface area contributed by atoms with Crippen LogP contribution in [0.4, 0.5) is 0 Å². The Bertz CT molecular complexity index is 974. The summed E-state index contributed by atoms with van der Waals surface area (Å²) >= 11 is 24.5. The Labute approximate surface area is 194 Å². The van der Waals surface area contributed by atoms with Gasteiger partial charge in [0.05, 0.1) is 30.0 Å². The lowest BCUT2D eigenvalue weighted by molar-refractivity contribution is -0.130. The van der Waals surface area contributed by atoms with Gasteiger partial charge in [0.1, 0.15) is 28.0 Å². The first kappa shape index (κ1) is 22.9. The molecule has 0 radical (unpaired) electrons. The first-order valence-corrected chi connectivity index (χ1v) is 10.4. The molecule has 0 aliphatic heterocycles. The number of halogens is 4. The number of carboxylic acid groups (broad SMARTS) is 1. The normalized spacial score (nSPS) is 17.4. The molecule has 1 aliphatic rings. The lowest BCUT2D eigenvalue weighted by Crippen LogP contribution is -2.07. The second-order valence-corrected chi connectivity index (χ2v) is 9.06. The van der Waals surface area contributed by atoms with Crippen molar-refractivity contribution in [3.8, 4) is 11.5 Å². The predicted molar refractivity (Wildman–Crippen MR) is 118 cm³/mol. The number of benzene rings is 2. The molecule has 1 N–H and O–H groups in total. The summed E-state index contributed by atoms with van der Waals surface area (Å²) in [6, 6.07) is 10.1. The van der Waals surface area contributed by atoms with Crippen LogP contribution in [0.1, 0.15) is 17.5 Å². The van der Waals surface area contributed by atoms with Crippen molar-refractivity contribution in [1.29, 1.82) is 0 Å². The van der Waals surface area contributed by atoms with Crippen molar-refractivity contribution >= 4 is 57.9 Å². The summed E-state index contributed by atoms with van der Waals surface area (Å²) in [5.74, 6) is -0.340. The lowest BCUT2D eigenvalue weighted by atomic mass is 10.0. The van der Waals surface area contributed by atoms with Crippen molar-refractivity contribution < 1.29 is 24.1 Å². The summed E-state index contributed by atoms with van der Waals surface area (Å²) < 4.78 is 15.7. The maximum Gasteiger partial charge on any atom is 0.339 e. The standard InChI is InChI=1S/C21H18Cl4O5/c1-28-11-15(20(26)27)14-5-3-2-4-12(14)9-29-18-7-19(17(23)6-16(18)22)30-10-13-8-21(13,24)25/h2-7,11,13H,8-10H2,1H3,(H,26,27). The molecule has 5 nitrogen and oxygen atoms in total. The van der Waals surface area contributed by atoms with E-state index in [1.165, 1.54) is 19.4 Å². The van der Waals surface area contributed by atoms with Gasteiger partial charge in [0, 0.05) is 12.0 Å². The van der Waals surface area contributed by atoms with Gasteiger partial charge in [-0.05, 0) is 23.6 Å². The Morgan fingerprint density at radius 2 is 1.80 bits per heavy atom. The van der Waals surface area contributed by atoms with Crippen LogP contribution in [0.3, 0.4) is 0 Å². The molecular formula is C21H18Cl4O5. The van der Waals surface area contributed by atoms with Gasteiger partial charge in [-0.1, -0.05) is 47.5 Å². The van der Waals surface area contributed by atoms with Gasteiger partial charge in [-0.25, -0.2) is 4.79 Å². The summed E-state index contributed by atoms with van der Waals surface area (Å²) in [5, 5.41) is 10.1. The molecule has 0 bridgehead atoms. The van der Waals surface area contributed by atoms with Crippen molar-refractivity contribution in [3.63, 3.8) is 0 Å². The Morgan fingerprint density at radius 1 is 1.17 bits per heavy atom. The molecule has 1 aliphatic carbocycles. The number of aliphatic carboxylic acids is 1. The molecule has 2 aromatic carbocycles. The largest absolute Gasteiger partial charge is 0.503 e. The zero-order valence-corrected chi connectivity index (χ0v) is 18.9. The lowest BCUT2D eigenvalue weighted by Gasteiger charge is -2.15. The van der Waals surface area contributed by atoms with E-state index in [1.54, 1.807) is 30.3 Å². The first-order chi connectivity index (χ1) is 14.2. The fraction of sp³-hybridized carbons (Fsp3) is 0.286. The monoisotopic (exact) mass is 490 g/mol. The van der Waals surface area contributed by atoms with Gasteiger partial charge in [-0.2, -0.15) is 0 Å². The molecule has 0 spiro atoms. The number of carbonyl (C=O) groups is 1. The number of methoxy groups -OCH3 is 1. The Morgan fingerprint density at radius 3 is 2.40 bits per heavy atom. The topological polar surface area (TPSA) is 65.0 Å². The summed E-state index contributed by atoms with van der Waals surface area (Å²) in [5.41, 5.74) is 1.13. The van der Waals surface area contributed by atoms with Crippen LogP contribution < -0.4 is 9.47 Å². The van der Waals surface area contributed by atoms with Crippen LogP contribution >= 0.6 is 46.4 Å².